The molecule has 0 spiro atoms. The van der Waals surface area contributed by atoms with Crippen LogP contribution in [0.3, 0.4) is 0 Å². The Morgan fingerprint density at radius 2 is 2.31 bits per heavy atom. The molecule has 1 atom stereocenters. The van der Waals surface area contributed by atoms with Crippen LogP contribution in [0.1, 0.15) is 12.8 Å². The summed E-state index contributed by atoms with van der Waals surface area (Å²) in [4.78, 5) is 20.5. The topological polar surface area (TPSA) is 46.2 Å². The average molecular weight is 179 g/mol. The molecule has 0 saturated heterocycles. The second-order valence-electron chi connectivity index (χ2n) is 2.96. The second-order valence-corrected chi connectivity index (χ2v) is 2.96. The lowest BCUT2D eigenvalue weighted by atomic mass is 10.1. The van der Waals surface area contributed by atoms with Crippen molar-refractivity contribution in [1.82, 2.24) is 5.32 Å². The van der Waals surface area contributed by atoms with Gasteiger partial charge in [0.1, 0.15) is 12.6 Å². The van der Waals surface area contributed by atoms with E-state index >= 15 is 0 Å². The smallest absolute Gasteiger partial charge is 0.142 e. The molecule has 0 aromatic carbocycles. The van der Waals surface area contributed by atoms with Gasteiger partial charge in [-0.15, -0.1) is 0 Å². The molecule has 0 amide bonds. The Morgan fingerprint density at radius 3 is 3.00 bits per heavy atom. The van der Waals surface area contributed by atoms with E-state index in [2.05, 4.69) is 5.32 Å². The number of hydrogen-bond donors (Lipinski definition) is 1. The van der Waals surface area contributed by atoms with Gasteiger partial charge in [-0.1, -0.05) is 17.7 Å². The quantitative estimate of drug-likeness (QED) is 0.510. The number of hydrogen-bond acceptors (Lipinski definition) is 3. The third-order valence-corrected chi connectivity index (χ3v) is 2.01. The lowest BCUT2D eigenvalue weighted by molar-refractivity contribution is -0.109. The van der Waals surface area contributed by atoms with Crippen LogP contribution in [0, 0.1) is 0 Å². The molecule has 3 nitrogen and oxygen atoms in total. The highest BCUT2D eigenvalue weighted by atomic mass is 16.1. The van der Waals surface area contributed by atoms with E-state index in [0.29, 0.717) is 6.42 Å². The molecule has 0 fully saturated rings. The first-order chi connectivity index (χ1) is 6.36. The molecule has 70 valence electrons. The van der Waals surface area contributed by atoms with Crippen LogP contribution in [-0.4, -0.2) is 25.2 Å². The number of rotatable bonds is 3. The lowest BCUT2D eigenvalue weighted by Crippen LogP contribution is -2.29. The van der Waals surface area contributed by atoms with Gasteiger partial charge < -0.3 is 10.1 Å². The minimum absolute atomic E-state index is 0.0675. The molecule has 0 bridgehead atoms. The summed E-state index contributed by atoms with van der Waals surface area (Å²) in [6, 6.07) is -0.0675. The van der Waals surface area contributed by atoms with Gasteiger partial charge in [0.25, 0.3) is 0 Å². The fourth-order valence-electron chi connectivity index (χ4n) is 1.28. The highest BCUT2D eigenvalue weighted by molar-refractivity contribution is 5.66. The normalized spacial score (nSPS) is 23.7. The Bertz CT molecular complexity index is 243. The Balaban J connectivity index is 2.55. The number of carbonyl (C=O) groups excluding carboxylic acids is 2. The van der Waals surface area contributed by atoms with Crippen molar-refractivity contribution in [3.8, 4) is 0 Å². The molecule has 0 aromatic heterocycles. The van der Waals surface area contributed by atoms with Crippen LogP contribution in [0.5, 0.6) is 0 Å². The Kier molecular flexibility index (Phi) is 4.12. The number of nitrogens with one attached hydrogen (secondary N) is 1. The van der Waals surface area contributed by atoms with Crippen LogP contribution in [-0.2, 0) is 9.59 Å². The van der Waals surface area contributed by atoms with E-state index in [9.17, 15) is 9.59 Å². The fourth-order valence-corrected chi connectivity index (χ4v) is 1.28. The largest absolute Gasteiger partial charge is 0.307 e. The SMILES string of the molecule is O=C/C=C/C1=CCC(C=O)NCC1. The highest BCUT2D eigenvalue weighted by Crippen LogP contribution is 2.09. The molecular weight excluding hydrogens is 166 g/mol. The molecule has 1 aliphatic heterocycles. The van der Waals surface area contributed by atoms with Gasteiger partial charge in [-0.05, 0) is 25.5 Å². The minimum Gasteiger partial charge on any atom is -0.307 e. The standard InChI is InChI=1S/C10H13NO2/c12-7-1-2-9-3-4-10(8-13)11-6-5-9/h1-3,7-8,10-11H,4-6H2/b2-1+. The number of carbonyl (C=O) groups is 2. The van der Waals surface area contributed by atoms with Crippen LogP contribution in [0.15, 0.2) is 23.8 Å². The monoisotopic (exact) mass is 179 g/mol. The van der Waals surface area contributed by atoms with Crippen molar-refractivity contribution >= 4 is 12.6 Å². The van der Waals surface area contributed by atoms with Crippen molar-refractivity contribution in [1.29, 1.82) is 0 Å². The van der Waals surface area contributed by atoms with Crippen molar-refractivity contribution in [2.45, 2.75) is 18.9 Å². The van der Waals surface area contributed by atoms with Gasteiger partial charge in [0.2, 0.25) is 0 Å². The van der Waals surface area contributed by atoms with Gasteiger partial charge in [0, 0.05) is 0 Å². The number of aldehydes is 2. The van der Waals surface area contributed by atoms with Crippen molar-refractivity contribution in [2.24, 2.45) is 0 Å². The molecule has 1 N–H and O–H groups in total. The van der Waals surface area contributed by atoms with E-state index in [4.69, 9.17) is 0 Å². The van der Waals surface area contributed by atoms with Gasteiger partial charge in [-0.2, -0.15) is 0 Å². The summed E-state index contributed by atoms with van der Waals surface area (Å²) in [5.74, 6) is 0. The maximum atomic E-state index is 10.5. The zero-order chi connectivity index (χ0) is 9.52. The van der Waals surface area contributed by atoms with E-state index in [1.807, 2.05) is 6.08 Å². The molecule has 0 aromatic rings. The summed E-state index contributed by atoms with van der Waals surface area (Å²) in [6.45, 7) is 0.790. The molecular formula is C10H13NO2. The third kappa shape index (κ3) is 3.34. The Hall–Kier alpha value is -1.22. The van der Waals surface area contributed by atoms with Gasteiger partial charge in [0.15, 0.2) is 0 Å². The van der Waals surface area contributed by atoms with E-state index in [1.54, 1.807) is 6.08 Å². The van der Waals surface area contributed by atoms with E-state index < -0.39 is 0 Å². The zero-order valence-electron chi connectivity index (χ0n) is 7.40. The Labute approximate surface area is 77.5 Å². The van der Waals surface area contributed by atoms with Gasteiger partial charge in [-0.25, -0.2) is 0 Å². The van der Waals surface area contributed by atoms with Crippen molar-refractivity contribution < 1.29 is 9.59 Å². The first-order valence-corrected chi connectivity index (χ1v) is 4.36. The highest BCUT2D eigenvalue weighted by Gasteiger charge is 2.08. The summed E-state index contributed by atoms with van der Waals surface area (Å²) >= 11 is 0. The van der Waals surface area contributed by atoms with Gasteiger partial charge >= 0.3 is 0 Å². The summed E-state index contributed by atoms with van der Waals surface area (Å²) in [5, 5.41) is 3.10. The first kappa shape index (κ1) is 9.86. The minimum atomic E-state index is -0.0675. The van der Waals surface area contributed by atoms with E-state index in [0.717, 1.165) is 31.1 Å². The average Bonchev–Trinajstić information content (AvgIpc) is 2.39. The van der Waals surface area contributed by atoms with Gasteiger partial charge in [-0.3, -0.25) is 4.79 Å². The summed E-state index contributed by atoms with van der Waals surface area (Å²) < 4.78 is 0. The maximum Gasteiger partial charge on any atom is 0.142 e. The molecule has 1 unspecified atom stereocenters. The van der Waals surface area contributed by atoms with E-state index in [-0.39, 0.29) is 6.04 Å². The van der Waals surface area contributed by atoms with E-state index in [1.165, 1.54) is 6.08 Å². The molecule has 0 aliphatic carbocycles. The number of allylic oxidation sites excluding steroid dienone is 2. The predicted molar refractivity (Wildman–Crippen MR) is 50.4 cm³/mol. The molecule has 3 heteroatoms. The van der Waals surface area contributed by atoms with Crippen LogP contribution in [0.4, 0.5) is 0 Å². The molecule has 13 heavy (non-hydrogen) atoms. The molecule has 1 heterocycles. The second kappa shape index (κ2) is 5.43. The summed E-state index contributed by atoms with van der Waals surface area (Å²) in [5.41, 5.74) is 1.11. The third-order valence-electron chi connectivity index (χ3n) is 2.01. The molecule has 0 saturated carbocycles. The van der Waals surface area contributed by atoms with Crippen LogP contribution >= 0.6 is 0 Å². The molecule has 0 radical (unpaired) electrons. The zero-order valence-corrected chi connectivity index (χ0v) is 7.40. The predicted octanol–water partition coefficient (Wildman–Crippen LogP) is 0.619. The van der Waals surface area contributed by atoms with Crippen molar-refractivity contribution in [3.05, 3.63) is 23.8 Å². The van der Waals surface area contributed by atoms with Crippen molar-refractivity contribution in [2.75, 3.05) is 6.54 Å². The van der Waals surface area contributed by atoms with Crippen LogP contribution < -0.4 is 5.32 Å². The molecule has 1 rings (SSSR count). The lowest BCUT2D eigenvalue weighted by Gasteiger charge is -2.04. The maximum absolute atomic E-state index is 10.5. The first-order valence-electron chi connectivity index (χ1n) is 4.36. The van der Waals surface area contributed by atoms with Crippen molar-refractivity contribution in [3.63, 3.8) is 0 Å². The van der Waals surface area contributed by atoms with Gasteiger partial charge in [0.05, 0.1) is 6.04 Å². The summed E-state index contributed by atoms with van der Waals surface area (Å²) in [6.07, 6.45) is 8.53. The summed E-state index contributed by atoms with van der Waals surface area (Å²) in [7, 11) is 0. The molecule has 1 aliphatic rings. The fraction of sp³-hybridized carbons (Fsp3) is 0.400. The van der Waals surface area contributed by atoms with Crippen LogP contribution in [0.25, 0.3) is 0 Å². The van der Waals surface area contributed by atoms with Crippen LogP contribution in [0.2, 0.25) is 0 Å². The Morgan fingerprint density at radius 1 is 1.46 bits per heavy atom.